The standard InChI is InChI=1S/C26H48O2Si/c1-23(2,3)29(7,8)28-22-12-11-20-19-10-9-18-17-24(4,27)15-16-25(18,5)21(19)13-14-26(20,22)6/h18-22,27H,9-17H2,1-8H3/t18-,19-,20-,21-,22?,24+,25-,26-/m1/s1. The van der Waals surface area contributed by atoms with Crippen molar-refractivity contribution in [2.75, 3.05) is 0 Å². The Bertz CT molecular complexity index is 635. The van der Waals surface area contributed by atoms with Crippen molar-refractivity contribution in [2.45, 2.75) is 129 Å². The van der Waals surface area contributed by atoms with E-state index in [0.29, 0.717) is 22.0 Å². The van der Waals surface area contributed by atoms with Gasteiger partial charge in [-0.15, -0.1) is 0 Å². The van der Waals surface area contributed by atoms with Crippen molar-refractivity contribution in [2.24, 2.45) is 34.5 Å². The van der Waals surface area contributed by atoms with Crippen molar-refractivity contribution in [1.82, 2.24) is 0 Å². The normalized spacial score (nSPS) is 50.6. The van der Waals surface area contributed by atoms with E-state index in [9.17, 15) is 5.11 Å². The van der Waals surface area contributed by atoms with Crippen molar-refractivity contribution in [3.8, 4) is 0 Å². The van der Waals surface area contributed by atoms with Gasteiger partial charge in [-0.25, -0.2) is 0 Å². The predicted molar refractivity (Wildman–Crippen MR) is 124 cm³/mol. The first kappa shape index (κ1) is 22.3. The lowest BCUT2D eigenvalue weighted by atomic mass is 9.44. The summed E-state index contributed by atoms with van der Waals surface area (Å²) in [6.45, 7) is 19.3. The molecule has 0 spiro atoms. The summed E-state index contributed by atoms with van der Waals surface area (Å²) >= 11 is 0. The highest BCUT2D eigenvalue weighted by molar-refractivity contribution is 6.74. The molecule has 1 unspecified atom stereocenters. The summed E-state index contributed by atoms with van der Waals surface area (Å²) < 4.78 is 7.08. The molecule has 0 aliphatic heterocycles. The van der Waals surface area contributed by atoms with Crippen LogP contribution in [0.1, 0.15) is 99.3 Å². The molecule has 4 rings (SSSR count). The Morgan fingerprint density at radius 3 is 2.14 bits per heavy atom. The summed E-state index contributed by atoms with van der Waals surface area (Å²) in [5.74, 6) is 3.36. The number of fused-ring (bicyclic) bond motifs is 5. The minimum absolute atomic E-state index is 0.295. The predicted octanol–water partition coefficient (Wildman–Crippen LogP) is 7.17. The summed E-state index contributed by atoms with van der Waals surface area (Å²) in [6.07, 6.45) is 11.9. The van der Waals surface area contributed by atoms with Gasteiger partial charge in [-0.2, -0.15) is 0 Å². The second-order valence-electron chi connectivity index (χ2n) is 13.8. The van der Waals surface area contributed by atoms with Crippen LogP contribution in [0.15, 0.2) is 0 Å². The lowest BCUT2D eigenvalue weighted by Crippen LogP contribution is -2.56. The zero-order chi connectivity index (χ0) is 21.5. The van der Waals surface area contributed by atoms with Crippen LogP contribution < -0.4 is 0 Å². The molecule has 0 amide bonds. The summed E-state index contributed by atoms with van der Waals surface area (Å²) in [4.78, 5) is 0. The molecule has 0 aromatic carbocycles. The first-order chi connectivity index (χ1) is 13.2. The van der Waals surface area contributed by atoms with Gasteiger partial charge in [-0.05, 0) is 117 Å². The Balaban J connectivity index is 1.54. The molecule has 4 aliphatic carbocycles. The molecule has 8 atom stereocenters. The van der Waals surface area contributed by atoms with Crippen molar-refractivity contribution < 1.29 is 9.53 Å². The van der Waals surface area contributed by atoms with Crippen LogP contribution in [0.5, 0.6) is 0 Å². The first-order valence-electron chi connectivity index (χ1n) is 12.6. The molecule has 0 heterocycles. The van der Waals surface area contributed by atoms with Gasteiger partial charge in [0.25, 0.3) is 0 Å². The molecule has 4 fully saturated rings. The zero-order valence-corrected chi connectivity index (χ0v) is 21.6. The van der Waals surface area contributed by atoms with Crippen LogP contribution >= 0.6 is 0 Å². The van der Waals surface area contributed by atoms with Crippen LogP contribution in [0.4, 0.5) is 0 Å². The quantitative estimate of drug-likeness (QED) is 0.480. The van der Waals surface area contributed by atoms with Crippen molar-refractivity contribution in [3.63, 3.8) is 0 Å². The van der Waals surface area contributed by atoms with E-state index in [1.165, 1.54) is 44.9 Å². The smallest absolute Gasteiger partial charge is 0.192 e. The molecule has 2 nitrogen and oxygen atoms in total. The number of hydrogen-bond donors (Lipinski definition) is 1. The second-order valence-corrected chi connectivity index (χ2v) is 18.6. The molecule has 0 radical (unpaired) electrons. The molecule has 0 bridgehead atoms. The molecule has 0 aromatic rings. The van der Waals surface area contributed by atoms with Gasteiger partial charge in [0.1, 0.15) is 0 Å². The molecule has 168 valence electrons. The third-order valence-electron chi connectivity index (χ3n) is 11.1. The maximum Gasteiger partial charge on any atom is 0.192 e. The Kier molecular flexibility index (Phi) is 5.25. The molecular formula is C26H48O2Si. The summed E-state index contributed by atoms with van der Waals surface area (Å²) in [5, 5.41) is 11.0. The van der Waals surface area contributed by atoms with Crippen molar-refractivity contribution in [3.05, 3.63) is 0 Å². The van der Waals surface area contributed by atoms with E-state index in [0.717, 1.165) is 36.5 Å². The second kappa shape index (κ2) is 6.82. The number of rotatable bonds is 2. The molecule has 4 aliphatic rings. The highest BCUT2D eigenvalue weighted by atomic mass is 28.4. The van der Waals surface area contributed by atoms with Crippen LogP contribution in [-0.2, 0) is 4.43 Å². The van der Waals surface area contributed by atoms with E-state index >= 15 is 0 Å². The Morgan fingerprint density at radius 1 is 0.828 bits per heavy atom. The largest absolute Gasteiger partial charge is 0.413 e. The third kappa shape index (κ3) is 3.50. The van der Waals surface area contributed by atoms with Gasteiger partial charge in [0.15, 0.2) is 8.32 Å². The van der Waals surface area contributed by atoms with Crippen LogP contribution in [0, 0.1) is 34.5 Å². The van der Waals surface area contributed by atoms with Gasteiger partial charge in [0.2, 0.25) is 0 Å². The first-order valence-corrected chi connectivity index (χ1v) is 15.5. The van der Waals surface area contributed by atoms with Gasteiger partial charge >= 0.3 is 0 Å². The van der Waals surface area contributed by atoms with Gasteiger partial charge in [0.05, 0.1) is 11.7 Å². The van der Waals surface area contributed by atoms with Crippen molar-refractivity contribution >= 4 is 8.32 Å². The van der Waals surface area contributed by atoms with Crippen molar-refractivity contribution in [1.29, 1.82) is 0 Å². The minimum Gasteiger partial charge on any atom is -0.413 e. The van der Waals surface area contributed by atoms with Crippen LogP contribution in [0.25, 0.3) is 0 Å². The Morgan fingerprint density at radius 2 is 1.48 bits per heavy atom. The Hall–Kier alpha value is 0.137. The molecule has 29 heavy (non-hydrogen) atoms. The van der Waals surface area contributed by atoms with Gasteiger partial charge < -0.3 is 9.53 Å². The fraction of sp³-hybridized carbons (Fsp3) is 1.00. The Labute approximate surface area is 181 Å². The average Bonchev–Trinajstić information content (AvgIpc) is 2.90. The molecule has 3 heteroatoms. The van der Waals surface area contributed by atoms with E-state index in [1.807, 2.05) is 0 Å². The highest BCUT2D eigenvalue weighted by Crippen LogP contribution is 2.67. The van der Waals surface area contributed by atoms with E-state index in [-0.39, 0.29) is 0 Å². The number of aliphatic hydroxyl groups is 1. The fourth-order valence-corrected chi connectivity index (χ4v) is 9.56. The lowest BCUT2D eigenvalue weighted by Gasteiger charge is -2.62. The van der Waals surface area contributed by atoms with E-state index < -0.39 is 13.9 Å². The SMILES string of the molecule is CC(C)(C)[Si](C)(C)OC1CC[C@@H]2[C@H]3CC[C@@H]4C[C@@](C)(O)CC[C@@]4(C)[C@@H]3CC[C@@]12C. The molecule has 0 saturated heterocycles. The van der Waals surface area contributed by atoms with Gasteiger partial charge in [0, 0.05) is 0 Å². The van der Waals surface area contributed by atoms with E-state index in [4.69, 9.17) is 4.43 Å². The fourth-order valence-electron chi connectivity index (χ4n) is 8.11. The maximum atomic E-state index is 10.7. The van der Waals surface area contributed by atoms with Crippen LogP contribution in [0.2, 0.25) is 18.1 Å². The van der Waals surface area contributed by atoms with Gasteiger partial charge in [-0.1, -0.05) is 34.6 Å². The number of hydrogen-bond acceptors (Lipinski definition) is 2. The third-order valence-corrected chi connectivity index (χ3v) is 15.6. The average molecular weight is 421 g/mol. The summed E-state index contributed by atoms with van der Waals surface area (Å²) in [7, 11) is -1.72. The lowest BCUT2D eigenvalue weighted by molar-refractivity contribution is -0.149. The van der Waals surface area contributed by atoms with Crippen LogP contribution in [0.3, 0.4) is 0 Å². The van der Waals surface area contributed by atoms with Gasteiger partial charge in [-0.3, -0.25) is 0 Å². The monoisotopic (exact) mass is 420 g/mol. The molecular weight excluding hydrogens is 372 g/mol. The van der Waals surface area contributed by atoms with Crippen LogP contribution in [-0.4, -0.2) is 25.1 Å². The molecule has 1 N–H and O–H groups in total. The highest BCUT2D eigenvalue weighted by Gasteiger charge is 2.61. The molecule has 4 saturated carbocycles. The maximum absolute atomic E-state index is 10.7. The molecule has 0 aromatic heterocycles. The van der Waals surface area contributed by atoms with E-state index in [2.05, 4.69) is 54.6 Å². The summed E-state index contributed by atoms with van der Waals surface area (Å²) in [6, 6.07) is 0. The van der Waals surface area contributed by atoms with E-state index in [1.54, 1.807) is 0 Å². The topological polar surface area (TPSA) is 29.5 Å². The minimum atomic E-state index is -1.72. The zero-order valence-electron chi connectivity index (χ0n) is 20.6. The summed E-state index contributed by atoms with van der Waals surface area (Å²) in [5.41, 5.74) is 0.431.